The first kappa shape index (κ1) is 23.5. The van der Waals surface area contributed by atoms with Crippen molar-refractivity contribution in [3.05, 3.63) is 40.5 Å². The average molecular weight is 487 g/mol. The van der Waals surface area contributed by atoms with Crippen LogP contribution in [-0.2, 0) is 21.2 Å². The van der Waals surface area contributed by atoms with Gasteiger partial charge in [0, 0.05) is 23.4 Å². The van der Waals surface area contributed by atoms with E-state index in [1.165, 1.54) is 12.1 Å². The molecule has 1 aromatic carbocycles. The second-order valence-corrected chi connectivity index (χ2v) is 10.0. The fourth-order valence-corrected chi connectivity index (χ4v) is 4.11. The highest BCUT2D eigenvalue weighted by Gasteiger charge is 2.28. The van der Waals surface area contributed by atoms with Crippen LogP contribution in [0.1, 0.15) is 51.7 Å². The van der Waals surface area contributed by atoms with Crippen molar-refractivity contribution in [2.24, 2.45) is 5.92 Å². The largest absolute Gasteiger partial charge is 0.355 e. The Kier molecular flexibility index (Phi) is 8.35. The number of benzene rings is 1. The predicted octanol–water partition coefficient (Wildman–Crippen LogP) is 3.01. The molecule has 0 fully saturated rings. The molecule has 0 aliphatic heterocycles. The molecule has 29 heavy (non-hydrogen) atoms. The van der Waals surface area contributed by atoms with Crippen molar-refractivity contribution >= 4 is 31.9 Å². The molecule has 2 aromatic rings. The van der Waals surface area contributed by atoms with Crippen molar-refractivity contribution in [3.63, 3.8) is 0 Å². The Labute approximate surface area is 180 Å². The highest BCUT2D eigenvalue weighted by atomic mass is 79.9. The number of aromatic nitrogens is 2. The molecule has 160 valence electrons. The topological polar surface area (TPSA) is 114 Å². The number of aryl methyl sites for hydroxylation is 1. The van der Waals surface area contributed by atoms with Crippen LogP contribution >= 0.6 is 15.9 Å². The van der Waals surface area contributed by atoms with Crippen LogP contribution in [0.5, 0.6) is 0 Å². The first-order valence-corrected chi connectivity index (χ1v) is 11.8. The van der Waals surface area contributed by atoms with Crippen LogP contribution in [0.2, 0.25) is 0 Å². The summed E-state index contributed by atoms with van der Waals surface area (Å²) < 4.78 is 33.7. The third kappa shape index (κ3) is 6.90. The van der Waals surface area contributed by atoms with Crippen molar-refractivity contribution in [1.82, 2.24) is 20.2 Å². The van der Waals surface area contributed by atoms with Crippen LogP contribution in [0, 0.1) is 5.92 Å². The summed E-state index contributed by atoms with van der Waals surface area (Å²) in [6.45, 7) is 7.92. The first-order valence-electron chi connectivity index (χ1n) is 9.48. The number of carbonyl (C=O) groups excluding carboxylic acids is 1. The summed E-state index contributed by atoms with van der Waals surface area (Å²) in [6.07, 6.45) is 1.15. The number of sulfonamides is 1. The van der Waals surface area contributed by atoms with Crippen LogP contribution in [0.15, 0.2) is 38.2 Å². The summed E-state index contributed by atoms with van der Waals surface area (Å²) in [5.74, 6) is 0.794. The minimum absolute atomic E-state index is 0.108. The lowest BCUT2D eigenvalue weighted by atomic mass is 10.1. The van der Waals surface area contributed by atoms with E-state index < -0.39 is 16.1 Å². The smallest absolute Gasteiger partial charge is 0.241 e. The molecule has 1 heterocycles. The van der Waals surface area contributed by atoms with Gasteiger partial charge >= 0.3 is 0 Å². The molecule has 0 unspecified atom stereocenters. The van der Waals surface area contributed by atoms with Crippen LogP contribution in [0.4, 0.5) is 0 Å². The molecule has 1 aromatic heterocycles. The zero-order valence-corrected chi connectivity index (χ0v) is 19.4. The third-order valence-corrected chi connectivity index (χ3v) is 6.21. The fraction of sp³-hybridized carbons (Fsp3) is 0.526. The highest BCUT2D eigenvalue weighted by molar-refractivity contribution is 9.10. The summed E-state index contributed by atoms with van der Waals surface area (Å²) in [6, 6.07) is 5.37. The molecule has 0 saturated heterocycles. The van der Waals surface area contributed by atoms with Gasteiger partial charge in [0.25, 0.3) is 0 Å². The zero-order valence-electron chi connectivity index (χ0n) is 17.0. The fourth-order valence-electron chi connectivity index (χ4n) is 2.51. The summed E-state index contributed by atoms with van der Waals surface area (Å²) in [5.41, 5.74) is 0. The van der Waals surface area contributed by atoms with Crippen LogP contribution in [0.25, 0.3) is 0 Å². The second-order valence-electron chi connectivity index (χ2n) is 7.39. The lowest BCUT2D eigenvalue weighted by molar-refractivity contribution is -0.123. The molecular weight excluding hydrogens is 460 g/mol. The van der Waals surface area contributed by atoms with Crippen molar-refractivity contribution in [3.8, 4) is 0 Å². The Balaban J connectivity index is 1.90. The van der Waals surface area contributed by atoms with Crippen LogP contribution in [0.3, 0.4) is 0 Å². The number of nitrogens with one attached hydrogen (secondary N) is 2. The van der Waals surface area contributed by atoms with E-state index in [0.717, 1.165) is 4.47 Å². The Hall–Kier alpha value is -1.78. The molecule has 2 N–H and O–H groups in total. The van der Waals surface area contributed by atoms with Gasteiger partial charge < -0.3 is 9.84 Å². The summed E-state index contributed by atoms with van der Waals surface area (Å²) in [5, 5.41) is 6.69. The Morgan fingerprint density at radius 2 is 1.83 bits per heavy atom. The Morgan fingerprint density at radius 1 is 1.17 bits per heavy atom. The third-order valence-electron chi connectivity index (χ3n) is 4.22. The molecule has 8 nitrogen and oxygen atoms in total. The maximum Gasteiger partial charge on any atom is 0.241 e. The SMILES string of the molecule is CC(C)c1noc(CCCNC(=O)[C@@H](NS(=O)(=O)c2ccc(Br)cc2)C(C)C)n1. The van der Waals surface area contributed by atoms with Gasteiger partial charge in [-0.05, 0) is 36.6 Å². The monoisotopic (exact) mass is 486 g/mol. The van der Waals surface area contributed by atoms with Crippen molar-refractivity contribution in [1.29, 1.82) is 0 Å². The van der Waals surface area contributed by atoms with Gasteiger partial charge in [-0.2, -0.15) is 9.71 Å². The van der Waals surface area contributed by atoms with Crippen molar-refractivity contribution < 1.29 is 17.7 Å². The number of nitrogens with zero attached hydrogens (tertiary/aromatic N) is 2. The predicted molar refractivity (Wildman–Crippen MR) is 113 cm³/mol. The average Bonchev–Trinajstić information content (AvgIpc) is 3.12. The van der Waals surface area contributed by atoms with Gasteiger partial charge in [-0.15, -0.1) is 0 Å². The number of halogens is 1. The molecule has 0 aliphatic carbocycles. The number of hydrogen-bond donors (Lipinski definition) is 2. The van der Waals surface area contributed by atoms with Gasteiger partial charge in [-0.1, -0.05) is 48.8 Å². The molecule has 10 heteroatoms. The van der Waals surface area contributed by atoms with Gasteiger partial charge in [0.1, 0.15) is 6.04 Å². The number of hydrogen-bond acceptors (Lipinski definition) is 6. The summed E-state index contributed by atoms with van der Waals surface area (Å²) >= 11 is 3.28. The van der Waals surface area contributed by atoms with Gasteiger partial charge in [0.15, 0.2) is 5.82 Å². The summed E-state index contributed by atoms with van der Waals surface area (Å²) in [4.78, 5) is 17.0. The highest BCUT2D eigenvalue weighted by Crippen LogP contribution is 2.16. The molecule has 0 saturated carbocycles. The zero-order chi connectivity index (χ0) is 21.6. The van der Waals surface area contributed by atoms with E-state index in [1.54, 1.807) is 26.0 Å². The van der Waals surface area contributed by atoms with Gasteiger partial charge in [0.05, 0.1) is 4.90 Å². The van der Waals surface area contributed by atoms with Gasteiger partial charge in [-0.25, -0.2) is 8.42 Å². The van der Waals surface area contributed by atoms with E-state index in [9.17, 15) is 13.2 Å². The molecule has 0 aliphatic rings. The van der Waals surface area contributed by atoms with Gasteiger partial charge in [0.2, 0.25) is 21.8 Å². The Morgan fingerprint density at radius 3 is 2.38 bits per heavy atom. The molecule has 1 amide bonds. The van der Waals surface area contributed by atoms with Crippen LogP contribution in [-0.4, -0.2) is 37.1 Å². The maximum atomic E-state index is 12.6. The standard InChI is InChI=1S/C19H27BrN4O4S/c1-12(2)17(24-29(26,27)15-9-7-14(20)8-10-15)19(25)21-11-5-6-16-22-18(13(3)4)23-28-16/h7-10,12-13,17,24H,5-6,11H2,1-4H3,(H,21,25)/t17-/m0/s1. The minimum Gasteiger partial charge on any atom is -0.355 e. The van der Waals surface area contributed by atoms with E-state index >= 15 is 0 Å². The lowest BCUT2D eigenvalue weighted by Gasteiger charge is -2.21. The molecule has 1 atom stereocenters. The van der Waals surface area contributed by atoms with E-state index in [2.05, 4.69) is 36.1 Å². The van der Waals surface area contributed by atoms with Gasteiger partial charge in [-0.3, -0.25) is 4.79 Å². The lowest BCUT2D eigenvalue weighted by Crippen LogP contribution is -2.49. The first-order chi connectivity index (χ1) is 13.6. The van der Waals surface area contributed by atoms with Crippen LogP contribution < -0.4 is 10.0 Å². The molecule has 2 rings (SSSR count). The van der Waals surface area contributed by atoms with E-state index in [1.807, 2.05) is 13.8 Å². The van der Waals surface area contributed by atoms with Crippen molar-refractivity contribution in [2.45, 2.75) is 57.4 Å². The second kappa shape index (κ2) is 10.3. The van der Waals surface area contributed by atoms with E-state index in [-0.39, 0.29) is 22.6 Å². The van der Waals surface area contributed by atoms with E-state index in [4.69, 9.17) is 4.52 Å². The summed E-state index contributed by atoms with van der Waals surface area (Å²) in [7, 11) is -3.81. The van der Waals surface area contributed by atoms with Crippen molar-refractivity contribution in [2.75, 3.05) is 6.54 Å². The molecule has 0 radical (unpaired) electrons. The quantitative estimate of drug-likeness (QED) is 0.498. The number of amides is 1. The normalized spacial score (nSPS) is 13.1. The maximum absolute atomic E-state index is 12.6. The molecule has 0 bridgehead atoms. The number of rotatable bonds is 10. The molecule has 0 spiro atoms. The minimum atomic E-state index is -3.81. The number of carbonyl (C=O) groups is 1. The molecular formula is C19H27BrN4O4S. The Bertz CT molecular complexity index is 911. The van der Waals surface area contributed by atoms with E-state index in [0.29, 0.717) is 31.1 Å².